The Morgan fingerprint density at radius 1 is 1.14 bits per heavy atom. The van der Waals surface area contributed by atoms with Gasteiger partial charge >= 0.3 is 5.97 Å². The number of unbranched alkanes of at least 4 members (excludes halogenated alkanes) is 1. The van der Waals surface area contributed by atoms with Crippen molar-refractivity contribution in [3.8, 4) is 0 Å². The number of hydrogen-bond acceptors (Lipinski definition) is 5. The summed E-state index contributed by atoms with van der Waals surface area (Å²) in [6.07, 6.45) is 4.05. The molecule has 1 unspecified atom stereocenters. The molecule has 1 atom stereocenters. The van der Waals surface area contributed by atoms with Gasteiger partial charge in [-0.3, -0.25) is 9.69 Å². The highest BCUT2D eigenvalue weighted by atomic mass is 32.2. The highest BCUT2D eigenvalue weighted by Crippen LogP contribution is 2.22. The van der Waals surface area contributed by atoms with Crippen molar-refractivity contribution in [3.05, 3.63) is 29.8 Å². The molecule has 1 aliphatic heterocycles. The summed E-state index contributed by atoms with van der Waals surface area (Å²) in [4.78, 5) is 14.8. The zero-order chi connectivity index (χ0) is 20.6. The minimum Gasteiger partial charge on any atom is -0.466 e. The van der Waals surface area contributed by atoms with E-state index in [0.717, 1.165) is 44.3 Å². The monoisotopic (exact) mass is 410 g/mol. The summed E-state index contributed by atoms with van der Waals surface area (Å²) in [7, 11) is -3.59. The average molecular weight is 411 g/mol. The van der Waals surface area contributed by atoms with Gasteiger partial charge in [0.15, 0.2) is 0 Å². The van der Waals surface area contributed by atoms with E-state index in [1.807, 2.05) is 19.1 Å². The van der Waals surface area contributed by atoms with E-state index in [4.69, 9.17) is 4.74 Å². The van der Waals surface area contributed by atoms with E-state index < -0.39 is 10.0 Å². The van der Waals surface area contributed by atoms with Crippen molar-refractivity contribution in [1.82, 2.24) is 9.21 Å². The molecule has 1 heterocycles. The molecule has 1 saturated heterocycles. The molecule has 1 aliphatic rings. The molecule has 0 aromatic heterocycles. The third-order valence-corrected chi connectivity index (χ3v) is 7.08. The molecule has 158 valence electrons. The Balaban J connectivity index is 2.25. The molecule has 28 heavy (non-hydrogen) atoms. The van der Waals surface area contributed by atoms with Crippen molar-refractivity contribution < 1.29 is 17.9 Å². The van der Waals surface area contributed by atoms with Gasteiger partial charge in [-0.05, 0) is 58.3 Å². The second kappa shape index (κ2) is 10.9. The van der Waals surface area contributed by atoms with Crippen molar-refractivity contribution in [2.24, 2.45) is 0 Å². The SMILES string of the molecule is CCCCN1CCCCN(S(=O)(=O)c2ccc(C)cc2)CC1CC(=O)OCC. The maximum absolute atomic E-state index is 13.2. The van der Waals surface area contributed by atoms with E-state index >= 15 is 0 Å². The lowest BCUT2D eigenvalue weighted by molar-refractivity contribution is -0.144. The third-order valence-electron chi connectivity index (χ3n) is 5.20. The van der Waals surface area contributed by atoms with Gasteiger partial charge in [-0.25, -0.2) is 8.42 Å². The first-order valence-corrected chi connectivity index (χ1v) is 11.8. The van der Waals surface area contributed by atoms with Crippen LogP contribution in [0.2, 0.25) is 0 Å². The minimum absolute atomic E-state index is 0.161. The molecular weight excluding hydrogens is 376 g/mol. The number of hydrogen-bond donors (Lipinski definition) is 0. The van der Waals surface area contributed by atoms with Crippen LogP contribution < -0.4 is 0 Å². The molecule has 7 heteroatoms. The Kier molecular flexibility index (Phi) is 8.92. The van der Waals surface area contributed by atoms with Crippen LogP contribution in [0, 0.1) is 6.92 Å². The number of ether oxygens (including phenoxy) is 1. The van der Waals surface area contributed by atoms with Crippen LogP contribution in [0.5, 0.6) is 0 Å². The third kappa shape index (κ3) is 6.29. The molecule has 0 N–H and O–H groups in total. The van der Waals surface area contributed by atoms with Crippen LogP contribution in [0.25, 0.3) is 0 Å². The van der Waals surface area contributed by atoms with Crippen LogP contribution in [0.3, 0.4) is 0 Å². The molecule has 1 aromatic carbocycles. The number of esters is 1. The summed E-state index contributed by atoms with van der Waals surface area (Å²) >= 11 is 0. The number of carbonyl (C=O) groups excluding carboxylic acids is 1. The number of sulfonamides is 1. The fourth-order valence-electron chi connectivity index (χ4n) is 3.57. The summed E-state index contributed by atoms with van der Waals surface area (Å²) in [5.74, 6) is -0.262. The molecule has 0 amide bonds. The zero-order valence-corrected chi connectivity index (χ0v) is 18.2. The topological polar surface area (TPSA) is 66.9 Å². The first-order valence-electron chi connectivity index (χ1n) is 10.3. The van der Waals surface area contributed by atoms with Gasteiger partial charge in [-0.15, -0.1) is 0 Å². The summed E-state index contributed by atoms with van der Waals surface area (Å²) in [5.41, 5.74) is 1.03. The maximum atomic E-state index is 13.2. The van der Waals surface area contributed by atoms with Gasteiger partial charge in [-0.1, -0.05) is 31.0 Å². The van der Waals surface area contributed by atoms with E-state index in [1.54, 1.807) is 23.4 Å². The molecule has 0 spiro atoms. The number of carbonyl (C=O) groups is 1. The molecule has 0 bridgehead atoms. The largest absolute Gasteiger partial charge is 0.466 e. The maximum Gasteiger partial charge on any atom is 0.307 e. The van der Waals surface area contributed by atoms with E-state index in [2.05, 4.69) is 11.8 Å². The van der Waals surface area contributed by atoms with Crippen LogP contribution in [0.4, 0.5) is 0 Å². The Labute approximate surface area is 169 Å². The lowest BCUT2D eigenvalue weighted by Gasteiger charge is -2.37. The number of aryl methyl sites for hydroxylation is 1. The van der Waals surface area contributed by atoms with Gasteiger partial charge < -0.3 is 4.74 Å². The highest BCUT2D eigenvalue weighted by Gasteiger charge is 2.32. The fourth-order valence-corrected chi connectivity index (χ4v) is 5.08. The lowest BCUT2D eigenvalue weighted by atomic mass is 10.1. The fraction of sp³-hybridized carbons (Fsp3) is 0.667. The average Bonchev–Trinajstić information content (AvgIpc) is 2.64. The second-order valence-corrected chi connectivity index (χ2v) is 9.37. The van der Waals surface area contributed by atoms with Crippen molar-refractivity contribution in [1.29, 1.82) is 0 Å². The number of benzene rings is 1. The minimum atomic E-state index is -3.59. The van der Waals surface area contributed by atoms with Gasteiger partial charge in [-0.2, -0.15) is 4.31 Å². The standard InChI is InChI=1S/C21H34N2O4S/c1-4-6-13-22-14-7-8-15-23(17-19(22)16-21(24)27-5-2)28(25,26)20-11-9-18(3)10-12-20/h9-12,19H,4-8,13-17H2,1-3H3. The van der Waals surface area contributed by atoms with Crippen LogP contribution in [-0.2, 0) is 19.6 Å². The van der Waals surface area contributed by atoms with Gasteiger partial charge in [0, 0.05) is 19.1 Å². The smallest absolute Gasteiger partial charge is 0.307 e. The first kappa shape index (κ1) is 22.8. The summed E-state index contributed by atoms with van der Waals surface area (Å²) in [6.45, 7) is 8.77. The Morgan fingerprint density at radius 2 is 1.82 bits per heavy atom. The summed E-state index contributed by atoms with van der Waals surface area (Å²) in [6, 6.07) is 6.81. The van der Waals surface area contributed by atoms with Crippen molar-refractivity contribution in [2.45, 2.75) is 63.8 Å². The summed E-state index contributed by atoms with van der Waals surface area (Å²) < 4.78 is 33.2. The molecule has 0 aliphatic carbocycles. The second-order valence-electron chi connectivity index (χ2n) is 7.44. The Bertz CT molecular complexity index is 716. The van der Waals surface area contributed by atoms with Crippen LogP contribution in [-0.4, -0.2) is 62.4 Å². The number of rotatable bonds is 8. The highest BCUT2D eigenvalue weighted by molar-refractivity contribution is 7.89. The predicted octanol–water partition coefficient (Wildman–Crippen LogP) is 3.20. The molecule has 1 aromatic rings. The molecule has 1 fully saturated rings. The van der Waals surface area contributed by atoms with E-state index in [1.165, 1.54) is 0 Å². The first-order chi connectivity index (χ1) is 13.4. The summed E-state index contributed by atoms with van der Waals surface area (Å²) in [5, 5.41) is 0. The molecule has 2 rings (SSSR count). The van der Waals surface area contributed by atoms with Crippen LogP contribution in [0.15, 0.2) is 29.2 Å². The van der Waals surface area contributed by atoms with Gasteiger partial charge in [0.25, 0.3) is 0 Å². The van der Waals surface area contributed by atoms with E-state index in [-0.39, 0.29) is 18.4 Å². The zero-order valence-electron chi connectivity index (χ0n) is 17.4. The predicted molar refractivity (Wildman–Crippen MR) is 111 cm³/mol. The Morgan fingerprint density at radius 3 is 2.46 bits per heavy atom. The van der Waals surface area contributed by atoms with E-state index in [0.29, 0.717) is 24.6 Å². The Hall–Kier alpha value is -1.44. The van der Waals surface area contributed by atoms with Crippen molar-refractivity contribution in [3.63, 3.8) is 0 Å². The van der Waals surface area contributed by atoms with Gasteiger partial charge in [0.2, 0.25) is 10.0 Å². The molecule has 0 saturated carbocycles. The normalized spacial score (nSPS) is 19.8. The molecular formula is C21H34N2O4S. The van der Waals surface area contributed by atoms with Crippen molar-refractivity contribution in [2.75, 3.05) is 32.8 Å². The van der Waals surface area contributed by atoms with Gasteiger partial charge in [0.1, 0.15) is 0 Å². The van der Waals surface area contributed by atoms with Crippen LogP contribution in [0.1, 0.15) is 51.5 Å². The molecule has 0 radical (unpaired) electrons. The quantitative estimate of drug-likeness (QED) is 0.616. The van der Waals surface area contributed by atoms with Crippen LogP contribution >= 0.6 is 0 Å². The van der Waals surface area contributed by atoms with Crippen molar-refractivity contribution >= 4 is 16.0 Å². The number of nitrogens with zero attached hydrogens (tertiary/aromatic N) is 2. The lowest BCUT2D eigenvalue weighted by Crippen LogP contribution is -2.49. The van der Waals surface area contributed by atoms with E-state index in [9.17, 15) is 13.2 Å². The molecule has 6 nitrogen and oxygen atoms in total. The van der Waals surface area contributed by atoms with Gasteiger partial charge in [0.05, 0.1) is 17.9 Å².